The topological polar surface area (TPSA) is 78.3 Å². The van der Waals surface area contributed by atoms with Gasteiger partial charge in [-0.2, -0.15) is 0 Å². The summed E-state index contributed by atoms with van der Waals surface area (Å²) in [5.74, 6) is 1.43. The van der Waals surface area contributed by atoms with Gasteiger partial charge < -0.3 is 14.9 Å². The van der Waals surface area contributed by atoms with Crippen LogP contribution in [0.15, 0.2) is 30.7 Å². The van der Waals surface area contributed by atoms with Gasteiger partial charge >= 0.3 is 0 Å². The van der Waals surface area contributed by atoms with Crippen LogP contribution in [-0.2, 0) is 6.61 Å². The number of aliphatic hydroxyl groups excluding tert-OH is 1. The Kier molecular flexibility index (Phi) is 3.69. The van der Waals surface area contributed by atoms with Crippen molar-refractivity contribution in [3.8, 4) is 0 Å². The van der Waals surface area contributed by atoms with E-state index in [0.29, 0.717) is 11.6 Å². The van der Waals surface area contributed by atoms with Gasteiger partial charge in [0.15, 0.2) is 0 Å². The molecular weight excluding hydrogens is 256 g/mol. The number of aromatic nitrogens is 4. The summed E-state index contributed by atoms with van der Waals surface area (Å²) in [6.45, 7) is 3.22. The van der Waals surface area contributed by atoms with Gasteiger partial charge in [-0.1, -0.05) is 0 Å². The maximum absolute atomic E-state index is 9.12. The van der Waals surface area contributed by atoms with Gasteiger partial charge in [-0.3, -0.25) is 0 Å². The van der Waals surface area contributed by atoms with Crippen molar-refractivity contribution in [1.29, 1.82) is 0 Å². The number of nitrogens with zero attached hydrogens (tertiary/aromatic N) is 6. The summed E-state index contributed by atoms with van der Waals surface area (Å²) in [7, 11) is 0. The van der Waals surface area contributed by atoms with Crippen molar-refractivity contribution in [3.63, 3.8) is 0 Å². The molecule has 1 N–H and O–H groups in total. The quantitative estimate of drug-likeness (QED) is 0.848. The van der Waals surface area contributed by atoms with Crippen LogP contribution in [0, 0.1) is 0 Å². The summed E-state index contributed by atoms with van der Waals surface area (Å²) in [5.41, 5.74) is 0.642. The van der Waals surface area contributed by atoms with Crippen molar-refractivity contribution in [3.05, 3.63) is 36.4 Å². The predicted octanol–water partition coefficient (Wildman–Crippen LogP) is 0.0855. The second-order valence-corrected chi connectivity index (χ2v) is 4.53. The SMILES string of the molecule is OCc1ccnc(N2CCN(c3ncccn3)CC2)n1. The number of rotatable bonds is 3. The molecule has 1 aliphatic rings. The molecule has 0 radical (unpaired) electrons. The van der Waals surface area contributed by atoms with E-state index in [1.165, 1.54) is 0 Å². The molecule has 0 aromatic carbocycles. The Bertz CT molecular complexity index is 556. The fraction of sp³-hybridized carbons (Fsp3) is 0.385. The van der Waals surface area contributed by atoms with Crippen LogP contribution in [0.3, 0.4) is 0 Å². The van der Waals surface area contributed by atoms with Gasteiger partial charge in [-0.05, 0) is 12.1 Å². The highest BCUT2D eigenvalue weighted by molar-refractivity contribution is 5.37. The van der Waals surface area contributed by atoms with Gasteiger partial charge in [0.2, 0.25) is 11.9 Å². The number of anilines is 2. The lowest BCUT2D eigenvalue weighted by Gasteiger charge is -2.34. The van der Waals surface area contributed by atoms with Crippen molar-refractivity contribution in [2.24, 2.45) is 0 Å². The molecule has 0 atom stereocenters. The third kappa shape index (κ3) is 2.67. The lowest BCUT2D eigenvalue weighted by molar-refractivity contribution is 0.276. The minimum Gasteiger partial charge on any atom is -0.390 e. The van der Waals surface area contributed by atoms with E-state index in [0.717, 1.165) is 32.1 Å². The molecule has 104 valence electrons. The van der Waals surface area contributed by atoms with Crippen LogP contribution in [0.2, 0.25) is 0 Å². The standard InChI is InChI=1S/C13H16N6O/c20-10-11-2-5-16-13(17-11)19-8-6-18(7-9-19)12-14-3-1-4-15-12/h1-5,20H,6-10H2. The zero-order valence-corrected chi connectivity index (χ0v) is 11.1. The number of piperazine rings is 1. The molecule has 0 unspecified atom stereocenters. The van der Waals surface area contributed by atoms with Gasteiger partial charge in [0.1, 0.15) is 0 Å². The Morgan fingerprint density at radius 3 is 2.15 bits per heavy atom. The number of aliphatic hydroxyl groups is 1. The molecule has 0 aliphatic carbocycles. The van der Waals surface area contributed by atoms with Crippen molar-refractivity contribution in [1.82, 2.24) is 19.9 Å². The van der Waals surface area contributed by atoms with E-state index in [2.05, 4.69) is 29.7 Å². The first-order valence-electron chi connectivity index (χ1n) is 6.56. The molecule has 3 heterocycles. The highest BCUT2D eigenvalue weighted by Crippen LogP contribution is 2.14. The number of hydrogen-bond acceptors (Lipinski definition) is 7. The van der Waals surface area contributed by atoms with E-state index in [9.17, 15) is 0 Å². The van der Waals surface area contributed by atoms with Crippen LogP contribution in [0.25, 0.3) is 0 Å². The van der Waals surface area contributed by atoms with Gasteiger partial charge in [-0.15, -0.1) is 0 Å². The second kappa shape index (κ2) is 5.79. The maximum Gasteiger partial charge on any atom is 0.225 e. The smallest absolute Gasteiger partial charge is 0.225 e. The predicted molar refractivity (Wildman–Crippen MR) is 74.4 cm³/mol. The van der Waals surface area contributed by atoms with Crippen LogP contribution in [0.5, 0.6) is 0 Å². The molecule has 2 aromatic rings. The van der Waals surface area contributed by atoms with Crippen LogP contribution >= 0.6 is 0 Å². The molecule has 0 bridgehead atoms. The molecule has 3 rings (SSSR count). The van der Waals surface area contributed by atoms with Gasteiger partial charge in [0.05, 0.1) is 12.3 Å². The van der Waals surface area contributed by atoms with Crippen LogP contribution in [0.1, 0.15) is 5.69 Å². The van der Waals surface area contributed by atoms with E-state index >= 15 is 0 Å². The van der Waals surface area contributed by atoms with E-state index < -0.39 is 0 Å². The highest BCUT2D eigenvalue weighted by Gasteiger charge is 2.20. The summed E-state index contributed by atoms with van der Waals surface area (Å²) >= 11 is 0. The summed E-state index contributed by atoms with van der Waals surface area (Å²) in [5, 5.41) is 9.12. The molecule has 2 aromatic heterocycles. The molecule has 20 heavy (non-hydrogen) atoms. The van der Waals surface area contributed by atoms with Crippen molar-refractivity contribution in [2.45, 2.75) is 6.61 Å². The Labute approximate surface area is 116 Å². The normalized spacial score (nSPS) is 15.4. The maximum atomic E-state index is 9.12. The fourth-order valence-electron chi connectivity index (χ4n) is 2.19. The van der Waals surface area contributed by atoms with Crippen LogP contribution in [0.4, 0.5) is 11.9 Å². The second-order valence-electron chi connectivity index (χ2n) is 4.53. The Hall–Kier alpha value is -2.28. The number of hydrogen-bond donors (Lipinski definition) is 1. The van der Waals surface area contributed by atoms with E-state index in [-0.39, 0.29) is 6.61 Å². The van der Waals surface area contributed by atoms with Crippen LogP contribution in [-0.4, -0.2) is 51.2 Å². The Morgan fingerprint density at radius 1 is 0.900 bits per heavy atom. The van der Waals surface area contributed by atoms with Crippen molar-refractivity contribution >= 4 is 11.9 Å². The molecule has 7 heteroatoms. The van der Waals surface area contributed by atoms with Gasteiger partial charge in [0, 0.05) is 44.8 Å². The third-order valence-corrected chi connectivity index (χ3v) is 3.26. The molecule has 0 spiro atoms. The minimum absolute atomic E-state index is 0.0622. The summed E-state index contributed by atoms with van der Waals surface area (Å²) in [4.78, 5) is 21.4. The average molecular weight is 272 g/mol. The Morgan fingerprint density at radius 2 is 1.50 bits per heavy atom. The third-order valence-electron chi connectivity index (χ3n) is 3.26. The lowest BCUT2D eigenvalue weighted by atomic mass is 10.3. The molecule has 7 nitrogen and oxygen atoms in total. The fourth-order valence-corrected chi connectivity index (χ4v) is 2.19. The van der Waals surface area contributed by atoms with Gasteiger partial charge in [-0.25, -0.2) is 19.9 Å². The zero-order valence-electron chi connectivity index (χ0n) is 11.1. The first-order chi connectivity index (χ1) is 9.86. The Balaban J connectivity index is 1.66. The highest BCUT2D eigenvalue weighted by atomic mass is 16.3. The van der Waals surface area contributed by atoms with E-state index in [1.807, 2.05) is 6.07 Å². The van der Waals surface area contributed by atoms with Crippen LogP contribution < -0.4 is 9.80 Å². The minimum atomic E-state index is -0.0622. The average Bonchev–Trinajstić information content (AvgIpc) is 2.56. The van der Waals surface area contributed by atoms with Crippen molar-refractivity contribution < 1.29 is 5.11 Å². The summed E-state index contributed by atoms with van der Waals surface area (Å²) in [6.07, 6.45) is 5.19. The molecule has 1 fully saturated rings. The molecule has 1 aliphatic heterocycles. The molecular formula is C13H16N6O. The largest absolute Gasteiger partial charge is 0.390 e. The van der Waals surface area contributed by atoms with Crippen molar-refractivity contribution in [2.75, 3.05) is 36.0 Å². The molecule has 0 amide bonds. The summed E-state index contributed by atoms with van der Waals surface area (Å²) in [6, 6.07) is 3.53. The summed E-state index contributed by atoms with van der Waals surface area (Å²) < 4.78 is 0. The van der Waals surface area contributed by atoms with Gasteiger partial charge in [0.25, 0.3) is 0 Å². The molecule has 0 saturated carbocycles. The van der Waals surface area contributed by atoms with E-state index in [4.69, 9.17) is 5.11 Å². The van der Waals surface area contributed by atoms with E-state index in [1.54, 1.807) is 24.7 Å². The monoisotopic (exact) mass is 272 g/mol. The first-order valence-corrected chi connectivity index (χ1v) is 6.56. The first kappa shape index (κ1) is 12.7. The lowest BCUT2D eigenvalue weighted by Crippen LogP contribution is -2.47. The molecule has 1 saturated heterocycles. The zero-order chi connectivity index (χ0) is 13.8.